The number of carbonyl (C=O) groups is 2. The third-order valence-corrected chi connectivity index (χ3v) is 6.18. The molecule has 0 aliphatic heterocycles. The van der Waals surface area contributed by atoms with Crippen LogP contribution in [0, 0.1) is 6.92 Å². The van der Waals surface area contributed by atoms with Crippen LogP contribution in [-0.2, 0) is 9.47 Å². The van der Waals surface area contributed by atoms with Gasteiger partial charge >= 0.3 is 12.2 Å². The van der Waals surface area contributed by atoms with Crippen LogP contribution in [0.1, 0.15) is 122 Å². The van der Waals surface area contributed by atoms with E-state index in [9.17, 15) is 9.59 Å². The summed E-state index contributed by atoms with van der Waals surface area (Å²) < 4.78 is 10.6. The molecule has 35 heavy (non-hydrogen) atoms. The maximum absolute atomic E-state index is 12.2. The molecule has 2 N–H and O–H groups in total. The summed E-state index contributed by atoms with van der Waals surface area (Å²) in [5, 5.41) is 5.52. The molecule has 1 rings (SSSR count). The summed E-state index contributed by atoms with van der Waals surface area (Å²) in [6, 6.07) is 5.37. The molecular formula is C29H50N2O4. The molecule has 0 radical (unpaired) electrons. The molecular weight excluding hydrogens is 440 g/mol. The van der Waals surface area contributed by atoms with Crippen LogP contribution in [0.4, 0.5) is 21.0 Å². The second kappa shape index (κ2) is 21.1. The summed E-state index contributed by atoms with van der Waals surface area (Å²) in [7, 11) is 0. The summed E-state index contributed by atoms with van der Waals surface area (Å²) in [5.41, 5.74) is 2.09. The Morgan fingerprint density at radius 2 is 1.06 bits per heavy atom. The summed E-state index contributed by atoms with van der Waals surface area (Å²) in [4.78, 5) is 24.3. The Hall–Kier alpha value is -2.24. The van der Waals surface area contributed by atoms with Crippen molar-refractivity contribution in [2.75, 3.05) is 23.8 Å². The maximum atomic E-state index is 12.2. The Labute approximate surface area is 213 Å². The Kier molecular flexibility index (Phi) is 18.5. The number of rotatable bonds is 20. The van der Waals surface area contributed by atoms with Crippen LogP contribution in [-0.4, -0.2) is 25.4 Å². The fraction of sp³-hybridized carbons (Fsp3) is 0.724. The molecule has 0 bridgehead atoms. The first-order chi connectivity index (χ1) is 17.1. The second-order valence-electron chi connectivity index (χ2n) is 9.50. The summed E-state index contributed by atoms with van der Waals surface area (Å²) >= 11 is 0. The highest BCUT2D eigenvalue weighted by Gasteiger charge is 2.09. The monoisotopic (exact) mass is 490 g/mol. The van der Waals surface area contributed by atoms with Crippen LogP contribution in [0.2, 0.25) is 0 Å². The highest BCUT2D eigenvalue weighted by molar-refractivity contribution is 5.89. The van der Waals surface area contributed by atoms with Gasteiger partial charge in [0.05, 0.1) is 13.2 Å². The van der Waals surface area contributed by atoms with Gasteiger partial charge in [0.15, 0.2) is 0 Å². The lowest BCUT2D eigenvalue weighted by Gasteiger charge is -2.12. The van der Waals surface area contributed by atoms with Gasteiger partial charge in [0.2, 0.25) is 0 Å². The van der Waals surface area contributed by atoms with E-state index in [2.05, 4.69) is 24.5 Å². The van der Waals surface area contributed by atoms with Gasteiger partial charge in [0, 0.05) is 11.4 Å². The Morgan fingerprint density at radius 1 is 0.629 bits per heavy atom. The van der Waals surface area contributed by atoms with Crippen LogP contribution in [0.25, 0.3) is 0 Å². The van der Waals surface area contributed by atoms with Gasteiger partial charge in [-0.3, -0.25) is 10.6 Å². The zero-order chi connectivity index (χ0) is 25.6. The van der Waals surface area contributed by atoms with Crippen molar-refractivity contribution in [3.63, 3.8) is 0 Å². The third-order valence-electron chi connectivity index (χ3n) is 6.18. The van der Waals surface area contributed by atoms with Gasteiger partial charge in [-0.1, -0.05) is 110 Å². The molecule has 0 heterocycles. The predicted molar refractivity (Wildman–Crippen MR) is 146 cm³/mol. The fourth-order valence-corrected chi connectivity index (χ4v) is 3.94. The minimum atomic E-state index is -0.472. The van der Waals surface area contributed by atoms with E-state index in [-0.39, 0.29) is 0 Å². The quantitative estimate of drug-likeness (QED) is 0.178. The number of anilines is 2. The lowest BCUT2D eigenvalue weighted by molar-refractivity contribution is 0.158. The van der Waals surface area contributed by atoms with E-state index in [0.717, 1.165) is 31.2 Å². The topological polar surface area (TPSA) is 76.7 Å². The molecule has 0 atom stereocenters. The molecule has 0 spiro atoms. The zero-order valence-corrected chi connectivity index (χ0v) is 22.6. The average Bonchev–Trinajstić information content (AvgIpc) is 2.84. The Bertz CT molecular complexity index is 693. The minimum Gasteiger partial charge on any atom is -0.449 e. The van der Waals surface area contributed by atoms with E-state index < -0.39 is 12.2 Å². The normalized spacial score (nSPS) is 10.7. The first kappa shape index (κ1) is 30.8. The lowest BCUT2D eigenvalue weighted by Crippen LogP contribution is -2.17. The van der Waals surface area contributed by atoms with E-state index in [0.29, 0.717) is 24.6 Å². The molecule has 0 saturated carbocycles. The highest BCUT2D eigenvalue weighted by atomic mass is 16.6. The summed E-state index contributed by atoms with van der Waals surface area (Å²) in [6.07, 6.45) is 18.3. The number of carbonyl (C=O) groups excluding carboxylic acids is 2. The van der Waals surface area contributed by atoms with Crippen molar-refractivity contribution < 1.29 is 19.1 Å². The number of aryl methyl sites for hydroxylation is 1. The number of amides is 2. The Morgan fingerprint density at radius 3 is 1.54 bits per heavy atom. The van der Waals surface area contributed by atoms with Crippen molar-refractivity contribution in [2.45, 2.75) is 124 Å². The smallest absolute Gasteiger partial charge is 0.411 e. The molecule has 0 unspecified atom stereocenters. The van der Waals surface area contributed by atoms with Crippen LogP contribution in [0.15, 0.2) is 18.2 Å². The van der Waals surface area contributed by atoms with Crippen molar-refractivity contribution in [1.29, 1.82) is 0 Å². The number of hydrogen-bond donors (Lipinski definition) is 2. The molecule has 1 aromatic rings. The lowest BCUT2D eigenvalue weighted by atomic mass is 10.1. The van der Waals surface area contributed by atoms with Gasteiger partial charge in [-0.05, 0) is 37.5 Å². The summed E-state index contributed by atoms with van der Waals surface area (Å²) in [6.45, 7) is 7.19. The van der Waals surface area contributed by atoms with Crippen LogP contribution >= 0.6 is 0 Å². The SMILES string of the molecule is CCCCCCCCCCOC(=O)Nc1ccc(C)c(NC(=O)OCCCCCCCCCC)c1. The van der Waals surface area contributed by atoms with E-state index >= 15 is 0 Å². The molecule has 6 heteroatoms. The molecule has 1 aromatic carbocycles. The standard InChI is InChI=1S/C29H50N2O4/c1-4-6-8-10-12-14-16-18-22-34-28(32)30-26-21-20-25(3)27(24-26)31-29(33)35-23-19-17-15-13-11-9-7-5-2/h20-21,24H,4-19,22-23H2,1-3H3,(H,30,32)(H,31,33). The zero-order valence-electron chi connectivity index (χ0n) is 22.6. The Balaban J connectivity index is 2.21. The molecule has 6 nitrogen and oxygen atoms in total. The molecule has 0 saturated heterocycles. The van der Waals surface area contributed by atoms with Crippen LogP contribution in [0.3, 0.4) is 0 Å². The van der Waals surface area contributed by atoms with Crippen molar-refractivity contribution >= 4 is 23.6 Å². The molecule has 0 aliphatic carbocycles. The first-order valence-electron chi connectivity index (χ1n) is 14.0. The maximum Gasteiger partial charge on any atom is 0.411 e. The second-order valence-corrected chi connectivity index (χ2v) is 9.50. The van der Waals surface area contributed by atoms with Crippen LogP contribution < -0.4 is 10.6 Å². The number of benzene rings is 1. The van der Waals surface area contributed by atoms with Gasteiger partial charge in [-0.2, -0.15) is 0 Å². The van der Waals surface area contributed by atoms with Gasteiger partial charge in [0.1, 0.15) is 0 Å². The number of ether oxygens (including phenoxy) is 2. The average molecular weight is 491 g/mol. The number of nitrogens with one attached hydrogen (secondary N) is 2. The van der Waals surface area contributed by atoms with Crippen molar-refractivity contribution in [2.24, 2.45) is 0 Å². The fourth-order valence-electron chi connectivity index (χ4n) is 3.94. The van der Waals surface area contributed by atoms with Gasteiger partial charge < -0.3 is 9.47 Å². The first-order valence-corrected chi connectivity index (χ1v) is 14.0. The van der Waals surface area contributed by atoms with Gasteiger partial charge in [-0.15, -0.1) is 0 Å². The van der Waals surface area contributed by atoms with Crippen molar-refractivity contribution in [1.82, 2.24) is 0 Å². The minimum absolute atomic E-state index is 0.419. The third kappa shape index (κ3) is 16.9. The number of hydrogen-bond acceptors (Lipinski definition) is 4. The van der Waals surface area contributed by atoms with E-state index in [4.69, 9.17) is 9.47 Å². The molecule has 2 amide bonds. The molecule has 0 aliphatic rings. The van der Waals surface area contributed by atoms with Crippen LogP contribution in [0.5, 0.6) is 0 Å². The predicted octanol–water partition coefficient (Wildman–Crippen LogP) is 9.37. The van der Waals surface area contributed by atoms with E-state index in [1.165, 1.54) is 77.0 Å². The summed E-state index contributed by atoms with van der Waals surface area (Å²) in [5.74, 6) is 0. The number of unbranched alkanes of at least 4 members (excludes halogenated alkanes) is 14. The largest absolute Gasteiger partial charge is 0.449 e. The molecule has 200 valence electrons. The molecule has 0 fully saturated rings. The van der Waals surface area contributed by atoms with Crippen molar-refractivity contribution in [3.05, 3.63) is 23.8 Å². The molecule has 0 aromatic heterocycles. The van der Waals surface area contributed by atoms with E-state index in [1.807, 2.05) is 13.0 Å². The van der Waals surface area contributed by atoms with Gasteiger partial charge in [-0.25, -0.2) is 9.59 Å². The van der Waals surface area contributed by atoms with E-state index in [1.54, 1.807) is 12.1 Å². The highest BCUT2D eigenvalue weighted by Crippen LogP contribution is 2.21. The van der Waals surface area contributed by atoms with Crippen molar-refractivity contribution in [3.8, 4) is 0 Å². The van der Waals surface area contributed by atoms with Gasteiger partial charge in [0.25, 0.3) is 0 Å².